The van der Waals surface area contributed by atoms with Crippen molar-refractivity contribution in [1.82, 2.24) is 9.80 Å². The fourth-order valence-corrected chi connectivity index (χ4v) is 2.98. The second-order valence-corrected chi connectivity index (χ2v) is 5.77. The van der Waals surface area contributed by atoms with Crippen molar-refractivity contribution in [2.75, 3.05) is 26.7 Å². The van der Waals surface area contributed by atoms with Gasteiger partial charge in [0.15, 0.2) is 0 Å². The maximum atomic E-state index is 12.4. The number of amides is 1. The van der Waals surface area contributed by atoms with E-state index >= 15 is 0 Å². The number of hydrogen-bond donors (Lipinski definition) is 1. The third kappa shape index (κ3) is 2.51. The fraction of sp³-hybridized carbons (Fsp3) is 0.533. The Kier molecular flexibility index (Phi) is 3.29. The summed E-state index contributed by atoms with van der Waals surface area (Å²) in [4.78, 5) is 16.6. The smallest absolute Gasteiger partial charge is 0.253 e. The second kappa shape index (κ2) is 4.94. The zero-order valence-corrected chi connectivity index (χ0v) is 11.4. The molecule has 1 amide bonds. The first-order chi connectivity index (χ1) is 9.13. The van der Waals surface area contributed by atoms with Crippen LogP contribution in [-0.4, -0.2) is 48.4 Å². The third-order valence-corrected chi connectivity index (χ3v) is 4.17. The summed E-state index contributed by atoms with van der Waals surface area (Å²) in [6.07, 6.45) is 1.95. The molecule has 1 unspecified atom stereocenters. The van der Waals surface area contributed by atoms with Gasteiger partial charge in [0.25, 0.3) is 5.91 Å². The Morgan fingerprint density at radius 3 is 2.89 bits per heavy atom. The normalized spacial score (nSPS) is 23.5. The van der Waals surface area contributed by atoms with E-state index in [1.54, 1.807) is 0 Å². The Hall–Kier alpha value is -1.39. The average molecular weight is 259 g/mol. The van der Waals surface area contributed by atoms with Crippen LogP contribution in [0.4, 0.5) is 0 Å². The molecule has 0 saturated carbocycles. The highest BCUT2D eigenvalue weighted by Gasteiger charge is 2.25. The summed E-state index contributed by atoms with van der Waals surface area (Å²) < 4.78 is 0. The molecule has 4 nitrogen and oxygen atoms in total. The Balaban J connectivity index is 1.80. The number of benzene rings is 1. The van der Waals surface area contributed by atoms with Crippen LogP contribution < -0.4 is 5.73 Å². The first kappa shape index (κ1) is 12.6. The van der Waals surface area contributed by atoms with Crippen LogP contribution in [0.3, 0.4) is 0 Å². The molecule has 102 valence electrons. The lowest BCUT2D eigenvalue weighted by molar-refractivity contribution is 0.0790. The predicted molar refractivity (Wildman–Crippen MR) is 75.0 cm³/mol. The summed E-state index contributed by atoms with van der Waals surface area (Å²) in [6, 6.07) is 6.29. The van der Waals surface area contributed by atoms with E-state index in [9.17, 15) is 4.79 Å². The summed E-state index contributed by atoms with van der Waals surface area (Å²) in [5.74, 6) is 0.134. The van der Waals surface area contributed by atoms with Crippen molar-refractivity contribution in [3.05, 3.63) is 34.9 Å². The monoisotopic (exact) mass is 259 g/mol. The number of nitrogens with zero attached hydrogens (tertiary/aromatic N) is 2. The van der Waals surface area contributed by atoms with Crippen molar-refractivity contribution in [3.8, 4) is 0 Å². The molecule has 4 heteroatoms. The molecule has 1 saturated heterocycles. The van der Waals surface area contributed by atoms with E-state index in [1.165, 1.54) is 11.1 Å². The van der Waals surface area contributed by atoms with Crippen LogP contribution in [0, 0.1) is 0 Å². The maximum absolute atomic E-state index is 12.4. The van der Waals surface area contributed by atoms with Crippen molar-refractivity contribution in [2.45, 2.75) is 25.4 Å². The molecule has 0 radical (unpaired) electrons. The summed E-state index contributed by atoms with van der Waals surface area (Å²) in [5, 5.41) is 0. The molecule has 2 heterocycles. The fourth-order valence-electron chi connectivity index (χ4n) is 2.98. The van der Waals surface area contributed by atoms with Gasteiger partial charge in [-0.05, 0) is 43.1 Å². The minimum Gasteiger partial charge on any atom is -0.337 e. The number of fused-ring (bicyclic) bond motifs is 1. The molecule has 1 aromatic rings. The molecule has 1 fully saturated rings. The number of rotatable bonds is 1. The molecule has 19 heavy (non-hydrogen) atoms. The van der Waals surface area contributed by atoms with E-state index in [1.807, 2.05) is 11.0 Å². The predicted octanol–water partition coefficient (Wildman–Crippen LogP) is 0.848. The van der Waals surface area contributed by atoms with Gasteiger partial charge in [-0.3, -0.25) is 4.79 Å². The summed E-state index contributed by atoms with van der Waals surface area (Å²) in [6.45, 7) is 3.54. The molecule has 0 aliphatic carbocycles. The highest BCUT2D eigenvalue weighted by Crippen LogP contribution is 2.21. The van der Waals surface area contributed by atoms with Crippen molar-refractivity contribution in [2.24, 2.45) is 5.73 Å². The zero-order chi connectivity index (χ0) is 13.4. The van der Waals surface area contributed by atoms with Crippen LogP contribution >= 0.6 is 0 Å². The molecule has 2 N–H and O–H groups in total. The van der Waals surface area contributed by atoms with Crippen LogP contribution in [-0.2, 0) is 13.0 Å². The number of likely N-dealkylation sites (tertiary alicyclic amines) is 1. The summed E-state index contributed by atoms with van der Waals surface area (Å²) >= 11 is 0. The Morgan fingerprint density at radius 2 is 2.16 bits per heavy atom. The van der Waals surface area contributed by atoms with Crippen molar-refractivity contribution in [3.63, 3.8) is 0 Å². The van der Waals surface area contributed by atoms with E-state index in [0.29, 0.717) is 6.54 Å². The minimum atomic E-state index is 0.134. The van der Waals surface area contributed by atoms with Crippen LogP contribution in [0.25, 0.3) is 0 Å². The Labute approximate surface area is 114 Å². The number of nitrogens with two attached hydrogens (primary N) is 1. The van der Waals surface area contributed by atoms with Crippen molar-refractivity contribution in [1.29, 1.82) is 0 Å². The first-order valence-electron chi connectivity index (χ1n) is 6.98. The molecule has 0 spiro atoms. The topological polar surface area (TPSA) is 49.6 Å². The van der Waals surface area contributed by atoms with Gasteiger partial charge in [-0.2, -0.15) is 0 Å². The Morgan fingerprint density at radius 1 is 1.32 bits per heavy atom. The van der Waals surface area contributed by atoms with E-state index < -0.39 is 0 Å². The van der Waals surface area contributed by atoms with Gasteiger partial charge in [-0.1, -0.05) is 6.07 Å². The largest absolute Gasteiger partial charge is 0.337 e. The third-order valence-electron chi connectivity index (χ3n) is 4.17. The molecule has 0 bridgehead atoms. The molecular formula is C15H21N3O. The second-order valence-electron chi connectivity index (χ2n) is 5.77. The van der Waals surface area contributed by atoms with Gasteiger partial charge in [0, 0.05) is 37.8 Å². The summed E-state index contributed by atoms with van der Waals surface area (Å²) in [5.41, 5.74) is 9.36. The standard InChI is InChI=1S/C15H21N3O/c1-17-6-4-11-8-12(2-3-13(11)9-17)15(19)18-7-5-14(16)10-18/h2-3,8,14H,4-7,9-10,16H2,1H3. The van der Waals surface area contributed by atoms with E-state index in [0.717, 1.165) is 38.0 Å². The molecule has 1 aromatic carbocycles. The van der Waals surface area contributed by atoms with Crippen LogP contribution in [0.1, 0.15) is 27.9 Å². The molecular weight excluding hydrogens is 238 g/mol. The average Bonchev–Trinajstić information content (AvgIpc) is 2.84. The van der Waals surface area contributed by atoms with Gasteiger partial charge in [-0.25, -0.2) is 0 Å². The summed E-state index contributed by atoms with van der Waals surface area (Å²) in [7, 11) is 2.13. The van der Waals surface area contributed by atoms with Crippen LogP contribution in [0.2, 0.25) is 0 Å². The lowest BCUT2D eigenvalue weighted by Gasteiger charge is -2.25. The molecule has 2 aliphatic rings. The molecule has 2 aliphatic heterocycles. The minimum absolute atomic E-state index is 0.134. The van der Waals surface area contributed by atoms with Gasteiger partial charge in [0.05, 0.1) is 0 Å². The van der Waals surface area contributed by atoms with Gasteiger partial charge in [-0.15, -0.1) is 0 Å². The highest BCUT2D eigenvalue weighted by molar-refractivity contribution is 5.94. The maximum Gasteiger partial charge on any atom is 0.253 e. The van der Waals surface area contributed by atoms with Crippen LogP contribution in [0.5, 0.6) is 0 Å². The molecule has 0 aromatic heterocycles. The van der Waals surface area contributed by atoms with Gasteiger partial charge >= 0.3 is 0 Å². The van der Waals surface area contributed by atoms with E-state index in [2.05, 4.69) is 24.1 Å². The van der Waals surface area contributed by atoms with Crippen LogP contribution in [0.15, 0.2) is 18.2 Å². The van der Waals surface area contributed by atoms with Gasteiger partial charge in [0.1, 0.15) is 0 Å². The van der Waals surface area contributed by atoms with E-state index in [4.69, 9.17) is 5.73 Å². The van der Waals surface area contributed by atoms with Gasteiger partial charge in [0.2, 0.25) is 0 Å². The van der Waals surface area contributed by atoms with Crippen molar-refractivity contribution >= 4 is 5.91 Å². The van der Waals surface area contributed by atoms with Gasteiger partial charge < -0.3 is 15.5 Å². The number of likely N-dealkylation sites (N-methyl/N-ethyl adjacent to an activating group) is 1. The van der Waals surface area contributed by atoms with E-state index in [-0.39, 0.29) is 11.9 Å². The SMILES string of the molecule is CN1CCc2cc(C(=O)N3CCC(N)C3)ccc2C1. The number of carbonyl (C=O) groups is 1. The quantitative estimate of drug-likeness (QED) is 0.813. The first-order valence-corrected chi connectivity index (χ1v) is 6.98. The lowest BCUT2D eigenvalue weighted by Crippen LogP contribution is -2.32. The number of hydrogen-bond acceptors (Lipinski definition) is 3. The molecule has 1 atom stereocenters. The zero-order valence-electron chi connectivity index (χ0n) is 11.4. The number of carbonyl (C=O) groups excluding carboxylic acids is 1. The van der Waals surface area contributed by atoms with Crippen molar-refractivity contribution < 1.29 is 4.79 Å². The highest BCUT2D eigenvalue weighted by atomic mass is 16.2. The lowest BCUT2D eigenvalue weighted by atomic mass is 9.97. The Bertz CT molecular complexity index is 500. The molecule has 3 rings (SSSR count).